The monoisotopic (exact) mass is 738 g/mol. The van der Waals surface area contributed by atoms with Gasteiger partial charge in [0.25, 0.3) is 0 Å². The van der Waals surface area contributed by atoms with Crippen LogP contribution in [0.15, 0.2) is 108 Å². The maximum Gasteiger partial charge on any atom is 0.333 e. The SMILES string of the molecule is CCOC(Cc1ccc(OCC=C(C)C#Cc2ccc3c(c2)Cc2cc(C#CC(C)=CCOc4ccc(CC(OCC)C(=O)O)cc4)ccc2-3)cc1)C(=O)O. The summed E-state index contributed by atoms with van der Waals surface area (Å²) in [6.45, 7) is 8.91. The van der Waals surface area contributed by atoms with Crippen LogP contribution in [0.2, 0.25) is 0 Å². The van der Waals surface area contributed by atoms with E-state index >= 15 is 0 Å². The number of carbonyl (C=O) groups is 2. The van der Waals surface area contributed by atoms with Crippen LogP contribution < -0.4 is 9.47 Å². The zero-order valence-corrected chi connectivity index (χ0v) is 31.7. The Morgan fingerprint density at radius 2 is 1.04 bits per heavy atom. The highest BCUT2D eigenvalue weighted by Crippen LogP contribution is 2.37. The van der Waals surface area contributed by atoms with E-state index < -0.39 is 24.1 Å². The molecule has 0 saturated carbocycles. The molecule has 1 aliphatic rings. The van der Waals surface area contributed by atoms with Crippen LogP contribution in [-0.4, -0.2) is 60.8 Å². The summed E-state index contributed by atoms with van der Waals surface area (Å²) in [6, 6.07) is 27.5. The van der Waals surface area contributed by atoms with E-state index in [1.807, 2.05) is 74.5 Å². The van der Waals surface area contributed by atoms with Crippen molar-refractivity contribution in [2.45, 2.75) is 59.2 Å². The molecule has 0 aromatic heterocycles. The van der Waals surface area contributed by atoms with E-state index in [4.69, 9.17) is 18.9 Å². The summed E-state index contributed by atoms with van der Waals surface area (Å²) in [5, 5.41) is 18.6. The van der Waals surface area contributed by atoms with Crippen LogP contribution in [0.4, 0.5) is 0 Å². The summed E-state index contributed by atoms with van der Waals surface area (Å²) in [5.41, 5.74) is 10.4. The van der Waals surface area contributed by atoms with Crippen LogP contribution >= 0.6 is 0 Å². The second-order valence-corrected chi connectivity index (χ2v) is 13.1. The highest BCUT2D eigenvalue weighted by Gasteiger charge is 2.20. The molecule has 0 radical (unpaired) electrons. The zero-order chi connectivity index (χ0) is 39.2. The molecule has 4 aromatic carbocycles. The average Bonchev–Trinajstić information content (AvgIpc) is 3.54. The van der Waals surface area contributed by atoms with Gasteiger partial charge in [-0.15, -0.1) is 0 Å². The first-order chi connectivity index (χ1) is 26.6. The molecule has 2 atom stereocenters. The summed E-state index contributed by atoms with van der Waals surface area (Å²) in [4.78, 5) is 22.7. The molecule has 4 aromatic rings. The molecule has 282 valence electrons. The lowest BCUT2D eigenvalue weighted by Gasteiger charge is -2.12. The van der Waals surface area contributed by atoms with Gasteiger partial charge in [-0.2, -0.15) is 0 Å². The Bertz CT molecular complexity index is 2000. The van der Waals surface area contributed by atoms with Crippen LogP contribution in [0, 0.1) is 23.7 Å². The predicted octanol–water partition coefficient (Wildman–Crippen LogP) is 8.08. The number of hydrogen-bond donors (Lipinski definition) is 2. The fraction of sp³-hybridized carbons (Fsp3) is 0.277. The fourth-order valence-electron chi connectivity index (χ4n) is 6.04. The van der Waals surface area contributed by atoms with Gasteiger partial charge in [0.05, 0.1) is 0 Å². The number of allylic oxidation sites excluding steroid dienone is 2. The Morgan fingerprint density at radius 3 is 1.40 bits per heavy atom. The molecule has 0 bridgehead atoms. The molecule has 0 fully saturated rings. The van der Waals surface area contributed by atoms with Crippen molar-refractivity contribution in [3.05, 3.63) is 142 Å². The van der Waals surface area contributed by atoms with Gasteiger partial charge in [-0.25, -0.2) is 9.59 Å². The number of carboxylic acids is 2. The van der Waals surface area contributed by atoms with E-state index in [0.29, 0.717) is 50.8 Å². The molecule has 0 aliphatic heterocycles. The van der Waals surface area contributed by atoms with Crippen molar-refractivity contribution in [1.82, 2.24) is 0 Å². The highest BCUT2D eigenvalue weighted by molar-refractivity contribution is 5.78. The van der Waals surface area contributed by atoms with Gasteiger partial charge in [0.2, 0.25) is 0 Å². The van der Waals surface area contributed by atoms with E-state index in [1.54, 1.807) is 13.8 Å². The van der Waals surface area contributed by atoms with Gasteiger partial charge >= 0.3 is 11.9 Å². The lowest BCUT2D eigenvalue weighted by Crippen LogP contribution is -2.26. The smallest absolute Gasteiger partial charge is 0.333 e. The van der Waals surface area contributed by atoms with E-state index in [-0.39, 0.29) is 0 Å². The van der Waals surface area contributed by atoms with Gasteiger partial charge in [0.15, 0.2) is 12.2 Å². The van der Waals surface area contributed by atoms with Gasteiger partial charge in [-0.05, 0) is 139 Å². The van der Waals surface area contributed by atoms with E-state index in [1.165, 1.54) is 22.3 Å². The van der Waals surface area contributed by atoms with Crippen molar-refractivity contribution in [3.8, 4) is 46.3 Å². The zero-order valence-electron chi connectivity index (χ0n) is 31.7. The van der Waals surface area contributed by atoms with Gasteiger partial charge in [0.1, 0.15) is 24.7 Å². The number of hydrogen-bond acceptors (Lipinski definition) is 6. The molecular weight excluding hydrogens is 693 g/mol. The van der Waals surface area contributed by atoms with Crippen LogP contribution in [0.25, 0.3) is 11.1 Å². The number of carboxylic acid groups (broad SMARTS) is 2. The predicted molar refractivity (Wildman–Crippen MR) is 213 cm³/mol. The quantitative estimate of drug-likeness (QED) is 0.0979. The minimum atomic E-state index is -0.968. The first-order valence-corrected chi connectivity index (χ1v) is 18.4. The van der Waals surface area contributed by atoms with E-state index in [0.717, 1.165) is 39.8 Å². The third-order valence-electron chi connectivity index (χ3n) is 8.94. The number of ether oxygens (including phenoxy) is 4. The molecule has 5 rings (SSSR count). The molecule has 0 spiro atoms. The fourth-order valence-corrected chi connectivity index (χ4v) is 6.04. The lowest BCUT2D eigenvalue weighted by atomic mass is 10.0. The number of fused-ring (bicyclic) bond motifs is 3. The second-order valence-electron chi connectivity index (χ2n) is 13.1. The minimum absolute atomic E-state index is 0.300. The van der Waals surface area contributed by atoms with Crippen molar-refractivity contribution < 1.29 is 38.7 Å². The van der Waals surface area contributed by atoms with Gasteiger partial charge in [-0.1, -0.05) is 60.1 Å². The molecule has 0 saturated heterocycles. The summed E-state index contributed by atoms with van der Waals surface area (Å²) in [5.74, 6) is 12.5. The maximum absolute atomic E-state index is 11.4. The van der Waals surface area contributed by atoms with Crippen LogP contribution in [-0.2, 0) is 38.3 Å². The maximum atomic E-state index is 11.4. The number of aliphatic carboxylic acids is 2. The van der Waals surface area contributed by atoms with Gasteiger partial charge < -0.3 is 29.2 Å². The molecule has 2 unspecified atom stereocenters. The van der Waals surface area contributed by atoms with Crippen LogP contribution in [0.5, 0.6) is 11.5 Å². The van der Waals surface area contributed by atoms with Crippen molar-refractivity contribution in [3.63, 3.8) is 0 Å². The molecular formula is C47H46O8. The van der Waals surface area contributed by atoms with Crippen molar-refractivity contribution in [2.75, 3.05) is 26.4 Å². The molecule has 55 heavy (non-hydrogen) atoms. The van der Waals surface area contributed by atoms with Crippen molar-refractivity contribution in [2.24, 2.45) is 0 Å². The Kier molecular flexibility index (Phi) is 14.5. The van der Waals surface area contributed by atoms with E-state index in [9.17, 15) is 19.8 Å². The average molecular weight is 739 g/mol. The summed E-state index contributed by atoms with van der Waals surface area (Å²) in [7, 11) is 0. The number of benzene rings is 4. The summed E-state index contributed by atoms with van der Waals surface area (Å²) < 4.78 is 22.3. The molecule has 1 aliphatic carbocycles. The standard InChI is InChI=1S/C47H46O8/c1-5-52-44(46(48)49)29-36-11-17-40(18-12-36)54-25-23-32(3)7-9-34-15-21-42-38(27-34)31-39-28-35(16-22-43(39)42)10-8-33(4)24-26-55-41-19-13-37(14-20-41)30-45(47(50)51)53-6-2/h11-24,27-28,44-45H,5-6,25-26,29-31H2,1-4H3,(H,48,49)(H,50,51). The Labute approximate surface area is 323 Å². The van der Waals surface area contributed by atoms with Gasteiger partial charge in [0, 0.05) is 37.2 Å². The van der Waals surface area contributed by atoms with Crippen molar-refractivity contribution in [1.29, 1.82) is 0 Å². The summed E-state index contributed by atoms with van der Waals surface area (Å²) >= 11 is 0. The third kappa shape index (κ3) is 12.0. The van der Waals surface area contributed by atoms with E-state index in [2.05, 4.69) is 60.1 Å². The molecule has 8 heteroatoms. The minimum Gasteiger partial charge on any atom is -0.490 e. The van der Waals surface area contributed by atoms with Crippen LogP contribution in [0.3, 0.4) is 0 Å². The topological polar surface area (TPSA) is 112 Å². The van der Waals surface area contributed by atoms with Crippen LogP contribution in [0.1, 0.15) is 61.1 Å². The Morgan fingerprint density at radius 1 is 0.636 bits per heavy atom. The molecule has 8 nitrogen and oxygen atoms in total. The Hall–Kier alpha value is -6.06. The molecule has 0 heterocycles. The molecule has 2 N–H and O–H groups in total. The second kappa shape index (κ2) is 19.9. The van der Waals surface area contributed by atoms with Gasteiger partial charge in [-0.3, -0.25) is 0 Å². The van der Waals surface area contributed by atoms with Crippen molar-refractivity contribution >= 4 is 11.9 Å². The lowest BCUT2D eigenvalue weighted by molar-refractivity contribution is -0.150. The Balaban J connectivity index is 1.10. The first-order valence-electron chi connectivity index (χ1n) is 18.4. The first kappa shape index (κ1) is 40.1. The third-order valence-corrected chi connectivity index (χ3v) is 8.94. The largest absolute Gasteiger partial charge is 0.490 e. The normalized spacial score (nSPS) is 12.9. The summed E-state index contributed by atoms with van der Waals surface area (Å²) in [6.07, 6.45) is 3.59. The highest BCUT2D eigenvalue weighted by atomic mass is 16.5. The molecule has 0 amide bonds. The number of rotatable bonds is 16.